The number of nitrogens with one attached hydrogen (secondary N) is 1. The van der Waals surface area contributed by atoms with E-state index >= 15 is 0 Å². The molecule has 0 aliphatic heterocycles. The van der Waals surface area contributed by atoms with Gasteiger partial charge in [0.2, 0.25) is 0 Å². The van der Waals surface area contributed by atoms with E-state index in [1.54, 1.807) is 38.5 Å². The summed E-state index contributed by atoms with van der Waals surface area (Å²) in [6, 6.07) is 22.1. The molecule has 4 aromatic rings. The van der Waals surface area contributed by atoms with E-state index in [4.69, 9.17) is 23.2 Å². The maximum atomic E-state index is 14.0. The second-order valence-corrected chi connectivity index (χ2v) is 12.5. The highest BCUT2D eigenvalue weighted by Gasteiger charge is 2.40. The predicted octanol–water partition coefficient (Wildman–Crippen LogP) is 7.27. The molecule has 1 aromatic heterocycles. The molecule has 0 saturated carbocycles. The minimum atomic E-state index is -4.59. The number of nitrogens with zero attached hydrogens (tertiary/aromatic N) is 4. The summed E-state index contributed by atoms with van der Waals surface area (Å²) in [5, 5.41) is 12.3. The van der Waals surface area contributed by atoms with Crippen LogP contribution in [0.25, 0.3) is 0 Å². The first-order chi connectivity index (χ1) is 21.7. The van der Waals surface area contributed by atoms with Gasteiger partial charge in [0.05, 0.1) is 35.1 Å². The molecular weight excluding hydrogens is 609 g/mol. The number of nitriles is 1. The molecule has 3 aromatic carbocycles. The number of halogens is 3. The van der Waals surface area contributed by atoms with Gasteiger partial charge in [-0.15, -0.1) is 0 Å². The standard InChI is InChI=1S/C35H37F3N6OS/c1-23(2)26-13-15-28(16-14-26)42-33(46)44(21-27-7-5-6-8-30(27)35(36,37)38)32(40)34(3,4)31(45)17-29-19-41-22-43(29)20-25-11-9-24(18-39)10-12-25/h5-16,19,22-23,32H,17,20-21,40H2,1-4H3,(H,42,46). The topological polar surface area (TPSA) is 100.0 Å². The molecule has 3 N–H and O–H groups in total. The summed E-state index contributed by atoms with van der Waals surface area (Å²) < 4.78 is 43.8. The number of alkyl halides is 3. The molecule has 0 fully saturated rings. The second-order valence-electron chi connectivity index (χ2n) is 12.1. The van der Waals surface area contributed by atoms with Crippen LogP contribution in [0.2, 0.25) is 0 Å². The molecule has 4 rings (SSSR count). The highest BCUT2D eigenvalue weighted by molar-refractivity contribution is 7.80. The maximum absolute atomic E-state index is 14.0. The van der Waals surface area contributed by atoms with E-state index < -0.39 is 23.3 Å². The van der Waals surface area contributed by atoms with Crippen molar-refractivity contribution >= 4 is 28.8 Å². The smallest absolute Gasteiger partial charge is 0.333 e. The number of hydrogen-bond acceptors (Lipinski definition) is 5. The van der Waals surface area contributed by atoms with E-state index in [-0.39, 0.29) is 29.4 Å². The van der Waals surface area contributed by atoms with Gasteiger partial charge in [-0.3, -0.25) is 4.79 Å². The number of thiocarbonyl (C=S) groups is 1. The number of carbonyl (C=O) groups is 1. The van der Waals surface area contributed by atoms with Crippen molar-refractivity contribution in [3.8, 4) is 6.07 Å². The molecule has 1 unspecified atom stereocenters. The van der Waals surface area contributed by atoms with E-state index in [0.29, 0.717) is 29.4 Å². The Labute approximate surface area is 272 Å². The summed E-state index contributed by atoms with van der Waals surface area (Å²) in [6.07, 6.45) is -2.47. The number of ketones is 1. The fourth-order valence-corrected chi connectivity index (χ4v) is 5.32. The van der Waals surface area contributed by atoms with Crippen molar-refractivity contribution in [3.05, 3.63) is 119 Å². The van der Waals surface area contributed by atoms with Crippen LogP contribution in [0.3, 0.4) is 0 Å². The fourth-order valence-electron chi connectivity index (χ4n) is 5.03. The average Bonchev–Trinajstić information content (AvgIpc) is 3.45. The van der Waals surface area contributed by atoms with Gasteiger partial charge in [0.25, 0.3) is 0 Å². The SMILES string of the molecule is CC(C)c1ccc(NC(=S)N(Cc2ccccc2C(F)(F)F)C(N)C(C)(C)C(=O)Cc2cncn2Cc2ccc(C#N)cc2)cc1. The third-order valence-electron chi connectivity index (χ3n) is 8.12. The van der Waals surface area contributed by atoms with Crippen molar-refractivity contribution in [1.82, 2.24) is 14.5 Å². The van der Waals surface area contributed by atoms with Crippen LogP contribution in [0.1, 0.15) is 67.1 Å². The molecule has 240 valence electrons. The molecule has 0 spiro atoms. The van der Waals surface area contributed by atoms with Gasteiger partial charge in [-0.05, 0) is 79.0 Å². The van der Waals surface area contributed by atoms with Crippen LogP contribution in [0.4, 0.5) is 18.9 Å². The number of aromatic nitrogens is 2. The Balaban J connectivity index is 1.60. The molecule has 0 aliphatic rings. The number of hydrogen-bond donors (Lipinski definition) is 2. The normalized spacial score (nSPS) is 12.4. The lowest BCUT2D eigenvalue weighted by atomic mass is 9.81. The van der Waals surface area contributed by atoms with Crippen LogP contribution in [0, 0.1) is 16.7 Å². The number of nitrogens with two attached hydrogens (primary N) is 1. The Morgan fingerprint density at radius 3 is 2.33 bits per heavy atom. The van der Waals surface area contributed by atoms with Crippen LogP contribution >= 0.6 is 12.2 Å². The summed E-state index contributed by atoms with van der Waals surface area (Å²) in [7, 11) is 0. The first-order valence-electron chi connectivity index (χ1n) is 14.8. The summed E-state index contributed by atoms with van der Waals surface area (Å²) in [5.74, 6) is 0.0804. The molecule has 1 heterocycles. The maximum Gasteiger partial charge on any atom is 0.416 e. The zero-order valence-electron chi connectivity index (χ0n) is 26.2. The molecule has 0 amide bonds. The molecule has 11 heteroatoms. The molecule has 46 heavy (non-hydrogen) atoms. The number of rotatable bonds is 11. The molecule has 1 atom stereocenters. The van der Waals surface area contributed by atoms with Crippen LogP contribution in [-0.4, -0.2) is 31.5 Å². The van der Waals surface area contributed by atoms with Gasteiger partial charge in [0, 0.05) is 37.1 Å². The van der Waals surface area contributed by atoms with Gasteiger partial charge in [0.1, 0.15) is 5.78 Å². The van der Waals surface area contributed by atoms with Crippen LogP contribution in [0.5, 0.6) is 0 Å². The minimum Gasteiger partial charge on any atom is -0.333 e. The van der Waals surface area contributed by atoms with Gasteiger partial charge in [-0.25, -0.2) is 4.98 Å². The number of benzene rings is 3. The van der Waals surface area contributed by atoms with Gasteiger partial charge >= 0.3 is 6.18 Å². The van der Waals surface area contributed by atoms with Crippen molar-refractivity contribution in [2.24, 2.45) is 11.1 Å². The molecule has 0 bridgehead atoms. The Morgan fingerprint density at radius 1 is 1.07 bits per heavy atom. The lowest BCUT2D eigenvalue weighted by Crippen LogP contribution is -2.57. The van der Waals surface area contributed by atoms with Crippen LogP contribution < -0.4 is 11.1 Å². The average molecular weight is 647 g/mol. The third-order valence-corrected chi connectivity index (χ3v) is 8.46. The Bertz CT molecular complexity index is 1710. The van der Waals surface area contributed by atoms with Crippen molar-refractivity contribution in [3.63, 3.8) is 0 Å². The summed E-state index contributed by atoms with van der Waals surface area (Å²) in [6.45, 7) is 7.65. The molecular formula is C35H37F3N6OS. The second kappa shape index (κ2) is 14.3. The van der Waals surface area contributed by atoms with Crippen molar-refractivity contribution in [1.29, 1.82) is 5.26 Å². The van der Waals surface area contributed by atoms with E-state index in [9.17, 15) is 18.0 Å². The molecule has 0 saturated heterocycles. The highest BCUT2D eigenvalue weighted by Crippen LogP contribution is 2.34. The van der Waals surface area contributed by atoms with Gasteiger partial charge in [-0.2, -0.15) is 18.4 Å². The van der Waals surface area contributed by atoms with E-state index in [1.807, 2.05) is 41.0 Å². The molecule has 0 radical (unpaired) electrons. The van der Waals surface area contributed by atoms with Crippen molar-refractivity contribution < 1.29 is 18.0 Å². The zero-order valence-corrected chi connectivity index (χ0v) is 27.0. The quantitative estimate of drug-likeness (QED) is 0.131. The highest BCUT2D eigenvalue weighted by atomic mass is 32.1. The monoisotopic (exact) mass is 646 g/mol. The van der Waals surface area contributed by atoms with E-state index in [0.717, 1.165) is 17.2 Å². The van der Waals surface area contributed by atoms with Crippen LogP contribution in [0.15, 0.2) is 85.3 Å². The largest absolute Gasteiger partial charge is 0.416 e. The van der Waals surface area contributed by atoms with Gasteiger partial charge < -0.3 is 20.5 Å². The zero-order chi connectivity index (χ0) is 33.6. The van der Waals surface area contributed by atoms with E-state index in [2.05, 4.69) is 30.2 Å². The Kier molecular flexibility index (Phi) is 10.7. The van der Waals surface area contributed by atoms with Crippen molar-refractivity contribution in [2.75, 3.05) is 5.32 Å². The van der Waals surface area contributed by atoms with Crippen LogP contribution in [-0.2, 0) is 30.5 Å². The van der Waals surface area contributed by atoms with Crippen molar-refractivity contribution in [2.45, 2.75) is 65.5 Å². The number of anilines is 1. The Hall–Kier alpha value is -4.53. The summed E-state index contributed by atoms with van der Waals surface area (Å²) in [4.78, 5) is 19.6. The lowest BCUT2D eigenvalue weighted by Gasteiger charge is -2.40. The number of imidazole rings is 1. The third kappa shape index (κ3) is 8.19. The first-order valence-corrected chi connectivity index (χ1v) is 15.2. The molecule has 7 nitrogen and oxygen atoms in total. The number of Topliss-reactive ketones (excluding diaryl/α,β-unsaturated/α-hetero) is 1. The summed E-state index contributed by atoms with van der Waals surface area (Å²) in [5.41, 5.74) is 8.60. The van der Waals surface area contributed by atoms with E-state index in [1.165, 1.54) is 23.1 Å². The van der Waals surface area contributed by atoms with Gasteiger partial charge in [0.15, 0.2) is 5.11 Å². The first kappa shape index (κ1) is 34.3. The van der Waals surface area contributed by atoms with Gasteiger partial charge in [-0.1, -0.05) is 56.3 Å². The summed E-state index contributed by atoms with van der Waals surface area (Å²) >= 11 is 5.74. The fraction of sp³-hybridized carbons (Fsp3) is 0.314. The minimum absolute atomic E-state index is 0.0131. The molecule has 0 aliphatic carbocycles. The lowest BCUT2D eigenvalue weighted by molar-refractivity contribution is -0.138. The predicted molar refractivity (Wildman–Crippen MR) is 177 cm³/mol. The number of carbonyl (C=O) groups excluding carboxylic acids is 1. The Morgan fingerprint density at radius 2 is 1.72 bits per heavy atom.